The molecule has 4 rings (SSSR count). The second-order valence-corrected chi connectivity index (χ2v) is 12.2. The van der Waals surface area contributed by atoms with Gasteiger partial charge in [-0.3, -0.25) is 0 Å². The van der Waals surface area contributed by atoms with Crippen LogP contribution in [0.2, 0.25) is 0 Å². The van der Waals surface area contributed by atoms with Crippen LogP contribution in [0, 0.1) is 16.7 Å². The van der Waals surface area contributed by atoms with Crippen LogP contribution in [0.4, 0.5) is 0 Å². The fourth-order valence-corrected chi connectivity index (χ4v) is 6.86. The minimum Gasteiger partial charge on any atom is -0.385 e. The number of methoxy groups -OCH3 is 1. The zero-order valence-corrected chi connectivity index (χ0v) is 21.0. The Morgan fingerprint density at radius 1 is 1.16 bits per heavy atom. The molecule has 1 heterocycles. The van der Waals surface area contributed by atoms with E-state index < -0.39 is 23.2 Å². The summed E-state index contributed by atoms with van der Waals surface area (Å²) in [4.78, 5) is 0. The van der Waals surface area contributed by atoms with Crippen molar-refractivity contribution in [1.29, 1.82) is 0 Å². The lowest BCUT2D eigenvalue weighted by Gasteiger charge is -2.59. The Balaban J connectivity index is 1.92. The zero-order valence-electron chi connectivity index (χ0n) is 21.0. The molecule has 0 amide bonds. The first kappa shape index (κ1) is 24.4. The van der Waals surface area contributed by atoms with E-state index in [2.05, 4.69) is 33.8 Å². The summed E-state index contributed by atoms with van der Waals surface area (Å²) in [5.41, 5.74) is -1.33. The summed E-state index contributed by atoms with van der Waals surface area (Å²) in [6, 6.07) is 0. The van der Waals surface area contributed by atoms with Gasteiger partial charge in [0.1, 0.15) is 12.4 Å². The third kappa shape index (κ3) is 3.53. The van der Waals surface area contributed by atoms with Gasteiger partial charge >= 0.3 is 0 Å². The summed E-state index contributed by atoms with van der Waals surface area (Å²) in [5, 5.41) is 23.4. The van der Waals surface area contributed by atoms with Crippen LogP contribution in [0.15, 0.2) is 23.3 Å². The van der Waals surface area contributed by atoms with Crippen LogP contribution in [0.3, 0.4) is 0 Å². The van der Waals surface area contributed by atoms with Crippen molar-refractivity contribution in [1.82, 2.24) is 0 Å². The molecule has 182 valence electrons. The summed E-state index contributed by atoms with van der Waals surface area (Å²) >= 11 is 0. The SMILES string of the molecule is COCO[C@@H]1C[C@]2(C)[C@@H](OC(C)(C)C)CC[C@@]3(CO3)[C@@H]2/C=C2/[C@H](O)C=C(C)[C@@]1(O)C2(C)C. The molecule has 6 nitrogen and oxygen atoms in total. The van der Waals surface area contributed by atoms with Crippen LogP contribution in [0.25, 0.3) is 0 Å². The van der Waals surface area contributed by atoms with Crippen molar-refractivity contribution in [2.45, 2.75) is 103 Å². The van der Waals surface area contributed by atoms with Gasteiger partial charge in [-0.15, -0.1) is 0 Å². The Hall–Kier alpha value is -0.760. The topological polar surface area (TPSA) is 80.7 Å². The Labute approximate surface area is 193 Å². The molecule has 1 spiro atoms. The smallest absolute Gasteiger partial charge is 0.146 e. The predicted molar refractivity (Wildman–Crippen MR) is 122 cm³/mol. The van der Waals surface area contributed by atoms with E-state index in [1.165, 1.54) is 0 Å². The monoisotopic (exact) mass is 450 g/mol. The standard InChI is InChI=1S/C26H42O6/c1-16-11-18(27)17-12-19-24(7,13-21(30-15-29-8)26(16,28)23(17,5)6)20(32-22(2,3)4)9-10-25(19)14-31-25/h11-12,18-21,27-28H,9-10,13-15H2,1-8H3/b17-12-/t18-,19-,20+,21-,24+,25-,26+/m1/s1. The summed E-state index contributed by atoms with van der Waals surface area (Å²) < 4.78 is 24.3. The van der Waals surface area contributed by atoms with Crippen molar-refractivity contribution < 1.29 is 29.2 Å². The average molecular weight is 451 g/mol. The maximum absolute atomic E-state index is 12.3. The molecule has 7 atom stereocenters. The van der Waals surface area contributed by atoms with E-state index in [1.807, 2.05) is 20.8 Å². The number of aliphatic hydroxyl groups is 2. The van der Waals surface area contributed by atoms with E-state index >= 15 is 0 Å². The first-order valence-electron chi connectivity index (χ1n) is 12.0. The minimum absolute atomic E-state index is 0.0280. The molecule has 1 aliphatic heterocycles. The highest BCUT2D eigenvalue weighted by Crippen LogP contribution is 2.63. The second-order valence-electron chi connectivity index (χ2n) is 12.2. The fraction of sp³-hybridized carbons (Fsp3) is 0.846. The highest BCUT2D eigenvalue weighted by Gasteiger charge is 2.67. The lowest BCUT2D eigenvalue weighted by Crippen LogP contribution is -2.65. The van der Waals surface area contributed by atoms with Crippen molar-refractivity contribution in [3.05, 3.63) is 23.3 Å². The first-order chi connectivity index (χ1) is 14.7. The van der Waals surface area contributed by atoms with Crippen molar-refractivity contribution in [3.63, 3.8) is 0 Å². The maximum atomic E-state index is 12.3. The molecule has 0 radical (unpaired) electrons. The van der Waals surface area contributed by atoms with Gasteiger partial charge in [0.2, 0.25) is 0 Å². The molecule has 3 aliphatic carbocycles. The molecule has 2 N–H and O–H groups in total. The van der Waals surface area contributed by atoms with Gasteiger partial charge < -0.3 is 29.2 Å². The van der Waals surface area contributed by atoms with Crippen molar-refractivity contribution >= 4 is 0 Å². The van der Waals surface area contributed by atoms with E-state index in [9.17, 15) is 10.2 Å². The molecular formula is C26H42O6. The van der Waals surface area contributed by atoms with E-state index in [0.717, 1.165) is 30.6 Å². The number of hydrogen-bond donors (Lipinski definition) is 2. The lowest BCUT2D eigenvalue weighted by molar-refractivity contribution is -0.218. The molecule has 0 unspecified atom stereocenters. The van der Waals surface area contributed by atoms with E-state index in [1.54, 1.807) is 13.2 Å². The lowest BCUT2D eigenvalue weighted by atomic mass is 9.50. The minimum atomic E-state index is -1.29. The third-order valence-electron chi connectivity index (χ3n) is 8.68. The second kappa shape index (κ2) is 7.62. The first-order valence-corrected chi connectivity index (χ1v) is 12.0. The number of ether oxygens (including phenoxy) is 4. The average Bonchev–Trinajstić information content (AvgIpc) is 3.44. The number of aliphatic hydroxyl groups excluding tert-OH is 1. The Morgan fingerprint density at radius 2 is 1.81 bits per heavy atom. The molecule has 0 aromatic carbocycles. The molecule has 4 aliphatic rings. The van der Waals surface area contributed by atoms with Gasteiger partial charge in [-0.2, -0.15) is 0 Å². The highest BCUT2D eigenvalue weighted by atomic mass is 16.7. The highest BCUT2D eigenvalue weighted by molar-refractivity contribution is 5.43. The van der Waals surface area contributed by atoms with Gasteiger partial charge in [0.05, 0.1) is 36.1 Å². The Bertz CT molecular complexity index is 804. The van der Waals surface area contributed by atoms with Crippen molar-refractivity contribution in [2.75, 3.05) is 20.5 Å². The molecule has 1 saturated heterocycles. The summed E-state index contributed by atoms with van der Waals surface area (Å²) in [6.07, 6.45) is 5.09. The molecule has 0 aromatic heterocycles. The number of epoxide rings is 1. The van der Waals surface area contributed by atoms with E-state index in [-0.39, 0.29) is 35.4 Å². The maximum Gasteiger partial charge on any atom is 0.146 e. The summed E-state index contributed by atoms with van der Waals surface area (Å²) in [6.45, 7) is 15.2. The van der Waals surface area contributed by atoms with Crippen LogP contribution in [0.5, 0.6) is 0 Å². The van der Waals surface area contributed by atoms with Crippen molar-refractivity contribution in [3.8, 4) is 0 Å². The number of rotatable bonds is 4. The Kier molecular flexibility index (Phi) is 5.80. The van der Waals surface area contributed by atoms with Crippen LogP contribution in [0.1, 0.15) is 67.7 Å². The summed E-state index contributed by atoms with van der Waals surface area (Å²) in [5.74, 6) is 0.0463. The van der Waals surface area contributed by atoms with Gasteiger partial charge in [-0.25, -0.2) is 0 Å². The summed E-state index contributed by atoms with van der Waals surface area (Å²) in [7, 11) is 1.60. The molecule has 1 saturated carbocycles. The molecular weight excluding hydrogens is 408 g/mol. The van der Waals surface area contributed by atoms with Gasteiger partial charge in [0.15, 0.2) is 0 Å². The van der Waals surface area contributed by atoms with Gasteiger partial charge in [0, 0.05) is 23.9 Å². The van der Waals surface area contributed by atoms with Crippen molar-refractivity contribution in [2.24, 2.45) is 16.7 Å². The zero-order chi connectivity index (χ0) is 23.7. The van der Waals surface area contributed by atoms with Crippen LogP contribution < -0.4 is 0 Å². The quantitative estimate of drug-likeness (QED) is 0.386. The number of hydrogen-bond acceptors (Lipinski definition) is 6. The van der Waals surface area contributed by atoms with E-state index in [0.29, 0.717) is 6.42 Å². The molecule has 6 heteroatoms. The van der Waals surface area contributed by atoms with Crippen LogP contribution in [-0.4, -0.2) is 65.8 Å². The molecule has 2 fully saturated rings. The Morgan fingerprint density at radius 3 is 2.38 bits per heavy atom. The van der Waals surface area contributed by atoms with E-state index in [4.69, 9.17) is 18.9 Å². The fourth-order valence-electron chi connectivity index (χ4n) is 6.86. The number of fused-ring (bicyclic) bond motifs is 4. The van der Waals surface area contributed by atoms with Gasteiger partial charge in [0.25, 0.3) is 0 Å². The largest absolute Gasteiger partial charge is 0.385 e. The van der Waals surface area contributed by atoms with Crippen LogP contribution in [-0.2, 0) is 18.9 Å². The van der Waals surface area contributed by atoms with Gasteiger partial charge in [-0.1, -0.05) is 32.9 Å². The molecule has 32 heavy (non-hydrogen) atoms. The third-order valence-corrected chi connectivity index (χ3v) is 8.68. The molecule has 2 bridgehead atoms. The molecule has 0 aromatic rings. The van der Waals surface area contributed by atoms with Gasteiger partial charge in [-0.05, 0) is 58.1 Å². The van der Waals surface area contributed by atoms with Crippen LogP contribution >= 0.6 is 0 Å². The normalized spacial score (nSPS) is 47.1. The predicted octanol–water partition coefficient (Wildman–Crippen LogP) is 3.75.